The molecule has 0 heterocycles. The highest BCUT2D eigenvalue weighted by Gasteiger charge is 2.20. The Bertz CT molecular complexity index is 313. The standard InChI is InChI=1S/C10H15NO3/c1-5-3-7(13)9(8(14)4-5)10(11)6(2)12/h3-4,6,10,12-14H,11H2,1-2H3/t6-,10+/m0/s1. The lowest BCUT2D eigenvalue weighted by Gasteiger charge is -2.18. The predicted octanol–water partition coefficient (Wildman–Crippen LogP) is 0.787. The molecule has 0 fully saturated rings. The van der Waals surface area contributed by atoms with Crippen LogP contribution < -0.4 is 5.73 Å². The number of benzene rings is 1. The van der Waals surface area contributed by atoms with Crippen molar-refractivity contribution in [3.05, 3.63) is 23.3 Å². The number of nitrogens with two attached hydrogens (primary N) is 1. The first-order valence-corrected chi connectivity index (χ1v) is 4.39. The van der Waals surface area contributed by atoms with Crippen molar-refractivity contribution < 1.29 is 15.3 Å². The van der Waals surface area contributed by atoms with Crippen molar-refractivity contribution in [1.29, 1.82) is 0 Å². The number of hydrogen-bond donors (Lipinski definition) is 4. The second-order valence-corrected chi connectivity index (χ2v) is 3.48. The minimum Gasteiger partial charge on any atom is -0.507 e. The first kappa shape index (κ1) is 10.8. The summed E-state index contributed by atoms with van der Waals surface area (Å²) < 4.78 is 0. The van der Waals surface area contributed by atoms with Crippen LogP contribution in [-0.2, 0) is 0 Å². The molecule has 5 N–H and O–H groups in total. The summed E-state index contributed by atoms with van der Waals surface area (Å²) in [7, 11) is 0. The number of aliphatic hydroxyl groups is 1. The Kier molecular flexibility index (Phi) is 2.98. The summed E-state index contributed by atoms with van der Waals surface area (Å²) >= 11 is 0. The third-order valence-electron chi connectivity index (χ3n) is 2.13. The van der Waals surface area contributed by atoms with Crippen LogP contribution in [0.25, 0.3) is 0 Å². The molecule has 14 heavy (non-hydrogen) atoms. The van der Waals surface area contributed by atoms with Gasteiger partial charge in [-0.1, -0.05) is 0 Å². The fourth-order valence-electron chi connectivity index (χ4n) is 1.34. The van der Waals surface area contributed by atoms with E-state index in [9.17, 15) is 15.3 Å². The first-order chi connectivity index (χ1) is 6.43. The summed E-state index contributed by atoms with van der Waals surface area (Å²) in [6.45, 7) is 3.25. The molecular formula is C10H15NO3. The van der Waals surface area contributed by atoms with E-state index in [1.807, 2.05) is 0 Å². The molecule has 0 saturated heterocycles. The normalized spacial score (nSPS) is 15.1. The summed E-state index contributed by atoms with van der Waals surface area (Å²) in [5.41, 5.74) is 6.54. The molecule has 0 unspecified atom stereocenters. The predicted molar refractivity (Wildman–Crippen MR) is 53.1 cm³/mol. The molecule has 0 saturated carbocycles. The molecule has 0 bridgehead atoms. The zero-order valence-electron chi connectivity index (χ0n) is 8.23. The fraction of sp³-hybridized carbons (Fsp3) is 0.400. The van der Waals surface area contributed by atoms with Crippen LogP contribution in [0.2, 0.25) is 0 Å². The lowest BCUT2D eigenvalue weighted by Crippen LogP contribution is -2.23. The summed E-state index contributed by atoms with van der Waals surface area (Å²) in [6.07, 6.45) is -0.825. The number of phenolic OH excluding ortho intramolecular Hbond substituents is 2. The van der Waals surface area contributed by atoms with E-state index in [1.54, 1.807) is 6.92 Å². The van der Waals surface area contributed by atoms with Crippen LogP contribution in [-0.4, -0.2) is 21.4 Å². The summed E-state index contributed by atoms with van der Waals surface area (Å²) in [5.74, 6) is -0.174. The zero-order chi connectivity index (χ0) is 10.9. The molecule has 1 rings (SSSR count). The van der Waals surface area contributed by atoms with Crippen LogP contribution in [0.3, 0.4) is 0 Å². The van der Waals surface area contributed by atoms with E-state index in [4.69, 9.17) is 5.73 Å². The number of phenols is 2. The van der Waals surface area contributed by atoms with Crippen molar-refractivity contribution >= 4 is 0 Å². The van der Waals surface area contributed by atoms with Crippen molar-refractivity contribution in [1.82, 2.24) is 0 Å². The molecule has 0 aromatic heterocycles. The molecule has 4 nitrogen and oxygen atoms in total. The van der Waals surface area contributed by atoms with Crippen molar-refractivity contribution in [3.8, 4) is 11.5 Å². The highest BCUT2D eigenvalue weighted by atomic mass is 16.3. The van der Waals surface area contributed by atoms with Gasteiger partial charge in [0.1, 0.15) is 11.5 Å². The smallest absolute Gasteiger partial charge is 0.124 e. The van der Waals surface area contributed by atoms with Gasteiger partial charge >= 0.3 is 0 Å². The van der Waals surface area contributed by atoms with Gasteiger partial charge in [0.05, 0.1) is 17.7 Å². The molecular weight excluding hydrogens is 182 g/mol. The topological polar surface area (TPSA) is 86.7 Å². The molecule has 0 aliphatic carbocycles. The second kappa shape index (κ2) is 3.86. The summed E-state index contributed by atoms with van der Waals surface area (Å²) in [5, 5.41) is 28.3. The monoisotopic (exact) mass is 197 g/mol. The van der Waals surface area contributed by atoms with E-state index in [0.29, 0.717) is 0 Å². The molecule has 0 amide bonds. The van der Waals surface area contributed by atoms with Crippen LogP contribution in [0, 0.1) is 6.92 Å². The Morgan fingerprint density at radius 3 is 2.00 bits per heavy atom. The number of hydrogen-bond acceptors (Lipinski definition) is 4. The first-order valence-electron chi connectivity index (χ1n) is 4.39. The third-order valence-corrected chi connectivity index (χ3v) is 2.13. The molecule has 2 atom stereocenters. The van der Waals surface area contributed by atoms with Crippen molar-refractivity contribution in [3.63, 3.8) is 0 Å². The van der Waals surface area contributed by atoms with E-state index in [-0.39, 0.29) is 17.1 Å². The SMILES string of the molecule is Cc1cc(O)c([C@H](N)[C@H](C)O)c(O)c1. The molecule has 78 valence electrons. The van der Waals surface area contributed by atoms with Crippen LogP contribution in [0.1, 0.15) is 24.1 Å². The molecule has 0 radical (unpaired) electrons. The lowest BCUT2D eigenvalue weighted by molar-refractivity contribution is 0.161. The number of aryl methyl sites for hydroxylation is 1. The molecule has 0 aliphatic heterocycles. The van der Waals surface area contributed by atoms with Crippen molar-refractivity contribution in [2.75, 3.05) is 0 Å². The van der Waals surface area contributed by atoms with E-state index >= 15 is 0 Å². The van der Waals surface area contributed by atoms with Crippen molar-refractivity contribution in [2.24, 2.45) is 5.73 Å². The highest BCUT2D eigenvalue weighted by molar-refractivity contribution is 5.48. The lowest BCUT2D eigenvalue weighted by atomic mass is 9.99. The summed E-state index contributed by atoms with van der Waals surface area (Å²) in [6, 6.07) is 2.21. The van der Waals surface area contributed by atoms with Crippen molar-refractivity contribution in [2.45, 2.75) is 26.0 Å². The van der Waals surface area contributed by atoms with Gasteiger partial charge in [0.15, 0.2) is 0 Å². The maximum absolute atomic E-state index is 9.54. The Labute approximate surface area is 82.6 Å². The van der Waals surface area contributed by atoms with Gasteiger partial charge in [-0.2, -0.15) is 0 Å². The van der Waals surface area contributed by atoms with Gasteiger partial charge in [-0.05, 0) is 31.5 Å². The van der Waals surface area contributed by atoms with Gasteiger partial charge in [-0.3, -0.25) is 0 Å². The maximum Gasteiger partial charge on any atom is 0.124 e. The number of aliphatic hydroxyl groups excluding tert-OH is 1. The van der Waals surface area contributed by atoms with Gasteiger partial charge < -0.3 is 21.1 Å². The summed E-state index contributed by atoms with van der Waals surface area (Å²) in [4.78, 5) is 0. The quantitative estimate of drug-likeness (QED) is 0.564. The average Bonchev–Trinajstić information content (AvgIpc) is 2.01. The van der Waals surface area contributed by atoms with E-state index in [0.717, 1.165) is 5.56 Å². The van der Waals surface area contributed by atoms with E-state index < -0.39 is 12.1 Å². The van der Waals surface area contributed by atoms with E-state index in [1.165, 1.54) is 19.1 Å². The van der Waals surface area contributed by atoms with Gasteiger partial charge in [-0.25, -0.2) is 0 Å². The Morgan fingerprint density at radius 2 is 1.64 bits per heavy atom. The Balaban J connectivity index is 3.20. The largest absolute Gasteiger partial charge is 0.507 e. The molecule has 1 aromatic carbocycles. The minimum atomic E-state index is -0.825. The van der Waals surface area contributed by atoms with Crippen LogP contribution in [0.4, 0.5) is 0 Å². The van der Waals surface area contributed by atoms with Crippen LogP contribution in [0.5, 0.6) is 11.5 Å². The Morgan fingerprint density at radius 1 is 1.21 bits per heavy atom. The van der Waals surface area contributed by atoms with E-state index in [2.05, 4.69) is 0 Å². The average molecular weight is 197 g/mol. The second-order valence-electron chi connectivity index (χ2n) is 3.48. The highest BCUT2D eigenvalue weighted by Crippen LogP contribution is 2.34. The minimum absolute atomic E-state index is 0.0871. The molecule has 0 spiro atoms. The van der Waals surface area contributed by atoms with Gasteiger partial charge in [-0.15, -0.1) is 0 Å². The van der Waals surface area contributed by atoms with Crippen LogP contribution in [0.15, 0.2) is 12.1 Å². The molecule has 1 aromatic rings. The van der Waals surface area contributed by atoms with Gasteiger partial charge in [0.25, 0.3) is 0 Å². The van der Waals surface area contributed by atoms with Crippen LogP contribution >= 0.6 is 0 Å². The molecule has 4 heteroatoms. The maximum atomic E-state index is 9.54. The zero-order valence-corrected chi connectivity index (χ0v) is 8.23. The third kappa shape index (κ3) is 1.97. The van der Waals surface area contributed by atoms with Gasteiger partial charge in [0.2, 0.25) is 0 Å². The number of aromatic hydroxyl groups is 2. The Hall–Kier alpha value is -1.26. The number of rotatable bonds is 2. The van der Waals surface area contributed by atoms with Gasteiger partial charge in [0, 0.05) is 0 Å². The fourth-order valence-corrected chi connectivity index (χ4v) is 1.34. The molecule has 0 aliphatic rings.